The lowest BCUT2D eigenvalue weighted by molar-refractivity contribution is -0.384. The molecule has 0 amide bonds. The molecule has 0 aliphatic rings. The van der Waals surface area contributed by atoms with Crippen LogP contribution in [0.5, 0.6) is 0 Å². The summed E-state index contributed by atoms with van der Waals surface area (Å²) in [6.45, 7) is 4.38. The van der Waals surface area contributed by atoms with Crippen LogP contribution < -0.4 is 5.32 Å². The van der Waals surface area contributed by atoms with E-state index in [2.05, 4.69) is 10.3 Å². The molecule has 1 aromatic heterocycles. The molecule has 7 heteroatoms. The van der Waals surface area contributed by atoms with Crippen molar-refractivity contribution in [3.63, 3.8) is 0 Å². The quantitative estimate of drug-likeness (QED) is 0.672. The molecule has 1 heterocycles. The van der Waals surface area contributed by atoms with Crippen LogP contribution in [0.15, 0.2) is 28.8 Å². The third-order valence-electron chi connectivity index (χ3n) is 2.64. The summed E-state index contributed by atoms with van der Waals surface area (Å²) < 4.78 is 18.5. The largest absolute Gasteiger partial charge is 0.439 e. The van der Waals surface area contributed by atoms with Gasteiger partial charge in [-0.15, -0.1) is 0 Å². The molecule has 0 bridgehead atoms. The first kappa shape index (κ1) is 14.1. The molecule has 0 radical (unpaired) electrons. The number of aromatic nitrogens is 1. The van der Waals surface area contributed by atoms with Gasteiger partial charge in [0.2, 0.25) is 5.89 Å². The van der Waals surface area contributed by atoms with Gasteiger partial charge in [-0.1, -0.05) is 13.8 Å². The van der Waals surface area contributed by atoms with Crippen molar-refractivity contribution in [3.8, 4) is 11.3 Å². The predicted octanol–water partition coefficient (Wildman–Crippen LogP) is 2.89. The molecule has 2 rings (SSSR count). The topological polar surface area (TPSA) is 81.2 Å². The van der Waals surface area contributed by atoms with Crippen molar-refractivity contribution < 1.29 is 13.7 Å². The van der Waals surface area contributed by atoms with Crippen molar-refractivity contribution >= 4 is 5.69 Å². The molecule has 0 aliphatic heterocycles. The number of nitrogens with zero attached hydrogens (tertiary/aromatic N) is 2. The number of rotatable bonds is 5. The van der Waals surface area contributed by atoms with Crippen molar-refractivity contribution in [1.82, 2.24) is 10.3 Å². The maximum Gasteiger partial charge on any atom is 0.283 e. The van der Waals surface area contributed by atoms with Gasteiger partial charge < -0.3 is 9.73 Å². The van der Waals surface area contributed by atoms with E-state index in [-0.39, 0.29) is 23.1 Å². The molecule has 0 spiro atoms. The Kier molecular flexibility index (Phi) is 4.09. The molecule has 0 atom stereocenters. The Morgan fingerprint density at radius 2 is 2.25 bits per heavy atom. The van der Waals surface area contributed by atoms with E-state index in [9.17, 15) is 14.5 Å². The van der Waals surface area contributed by atoms with Crippen molar-refractivity contribution in [2.24, 2.45) is 0 Å². The molecule has 0 fully saturated rings. The van der Waals surface area contributed by atoms with Crippen LogP contribution in [0.4, 0.5) is 10.1 Å². The number of benzene rings is 1. The summed E-state index contributed by atoms with van der Waals surface area (Å²) in [6.07, 6.45) is 1.40. The Labute approximate surface area is 114 Å². The molecule has 1 aromatic carbocycles. The molecule has 106 valence electrons. The highest BCUT2D eigenvalue weighted by atomic mass is 19.1. The Hall–Kier alpha value is -2.28. The molecule has 0 unspecified atom stereocenters. The number of nitrogens with one attached hydrogen (secondary N) is 1. The number of nitro benzene ring substituents is 1. The van der Waals surface area contributed by atoms with E-state index in [1.54, 1.807) is 0 Å². The molecular weight excluding hydrogens is 265 g/mol. The highest BCUT2D eigenvalue weighted by Crippen LogP contribution is 2.30. The molecule has 20 heavy (non-hydrogen) atoms. The summed E-state index contributed by atoms with van der Waals surface area (Å²) >= 11 is 0. The van der Waals surface area contributed by atoms with Crippen LogP contribution in [-0.2, 0) is 6.54 Å². The molecule has 0 saturated heterocycles. The average Bonchev–Trinajstić information content (AvgIpc) is 2.84. The number of hydrogen-bond donors (Lipinski definition) is 1. The highest BCUT2D eigenvalue weighted by molar-refractivity contribution is 5.68. The molecule has 0 aliphatic carbocycles. The first-order valence-corrected chi connectivity index (χ1v) is 6.09. The normalized spacial score (nSPS) is 11.0. The van der Waals surface area contributed by atoms with Crippen LogP contribution >= 0.6 is 0 Å². The minimum Gasteiger partial charge on any atom is -0.439 e. The first-order chi connectivity index (χ1) is 9.47. The summed E-state index contributed by atoms with van der Waals surface area (Å²) in [5.74, 6) is 0.00578. The third kappa shape index (κ3) is 3.18. The summed E-state index contributed by atoms with van der Waals surface area (Å²) in [6, 6.07) is 3.60. The Bertz CT molecular complexity index is 625. The molecule has 0 saturated carbocycles. The zero-order valence-corrected chi connectivity index (χ0v) is 11.1. The number of hydrogen-bond acceptors (Lipinski definition) is 5. The third-order valence-corrected chi connectivity index (χ3v) is 2.64. The van der Waals surface area contributed by atoms with Gasteiger partial charge in [0.05, 0.1) is 29.3 Å². The second kappa shape index (κ2) is 5.79. The van der Waals surface area contributed by atoms with E-state index in [0.717, 1.165) is 12.1 Å². The molecule has 2 aromatic rings. The van der Waals surface area contributed by atoms with E-state index < -0.39 is 10.7 Å². The van der Waals surface area contributed by atoms with Gasteiger partial charge >= 0.3 is 0 Å². The van der Waals surface area contributed by atoms with Gasteiger partial charge in [-0.05, 0) is 12.1 Å². The van der Waals surface area contributed by atoms with Crippen molar-refractivity contribution in [3.05, 3.63) is 46.2 Å². The number of halogens is 1. The zero-order valence-electron chi connectivity index (χ0n) is 11.1. The van der Waals surface area contributed by atoms with Crippen LogP contribution in [0.1, 0.15) is 19.7 Å². The highest BCUT2D eigenvalue weighted by Gasteiger charge is 2.19. The standard InChI is InChI=1S/C13H14FN3O3/c1-8(2)15-7-13-16-6-12(20-13)10-4-3-9(14)5-11(10)17(18)19/h3-6,8,15H,7H2,1-2H3. The summed E-state index contributed by atoms with van der Waals surface area (Å²) in [7, 11) is 0. The molecular formula is C13H14FN3O3. The van der Waals surface area contributed by atoms with Crippen LogP contribution in [0, 0.1) is 15.9 Å². The van der Waals surface area contributed by atoms with Crippen molar-refractivity contribution in [2.75, 3.05) is 0 Å². The maximum atomic E-state index is 13.1. The van der Waals surface area contributed by atoms with Crippen molar-refractivity contribution in [2.45, 2.75) is 26.4 Å². The molecule has 1 N–H and O–H groups in total. The van der Waals surface area contributed by atoms with E-state index in [0.29, 0.717) is 12.4 Å². The van der Waals surface area contributed by atoms with Crippen LogP contribution in [0.25, 0.3) is 11.3 Å². The summed E-state index contributed by atoms with van der Waals surface area (Å²) in [4.78, 5) is 14.3. The fourth-order valence-electron chi connectivity index (χ4n) is 1.67. The van der Waals surface area contributed by atoms with E-state index in [1.807, 2.05) is 13.8 Å². The fourth-order valence-corrected chi connectivity index (χ4v) is 1.67. The Morgan fingerprint density at radius 1 is 1.50 bits per heavy atom. The van der Waals surface area contributed by atoms with Gasteiger partial charge in [0.1, 0.15) is 5.82 Å². The lowest BCUT2D eigenvalue weighted by Crippen LogP contribution is -2.21. The van der Waals surface area contributed by atoms with Crippen LogP contribution in [0.2, 0.25) is 0 Å². The number of nitro groups is 1. The first-order valence-electron chi connectivity index (χ1n) is 6.09. The van der Waals surface area contributed by atoms with Crippen molar-refractivity contribution in [1.29, 1.82) is 0 Å². The second-order valence-electron chi connectivity index (χ2n) is 4.57. The summed E-state index contributed by atoms with van der Waals surface area (Å²) in [5.41, 5.74) is -0.135. The Morgan fingerprint density at radius 3 is 2.90 bits per heavy atom. The predicted molar refractivity (Wildman–Crippen MR) is 70.5 cm³/mol. The van der Waals surface area contributed by atoms with Gasteiger partial charge in [0, 0.05) is 6.04 Å². The van der Waals surface area contributed by atoms with E-state index in [1.165, 1.54) is 12.3 Å². The minimum atomic E-state index is -0.665. The van der Waals surface area contributed by atoms with Crippen LogP contribution in [0.3, 0.4) is 0 Å². The van der Waals surface area contributed by atoms with Gasteiger partial charge in [-0.3, -0.25) is 10.1 Å². The van der Waals surface area contributed by atoms with E-state index in [4.69, 9.17) is 4.42 Å². The second-order valence-corrected chi connectivity index (χ2v) is 4.57. The summed E-state index contributed by atoms with van der Waals surface area (Å²) in [5, 5.41) is 14.1. The monoisotopic (exact) mass is 279 g/mol. The minimum absolute atomic E-state index is 0.208. The maximum absolute atomic E-state index is 13.1. The Balaban J connectivity index is 2.30. The van der Waals surface area contributed by atoms with Gasteiger partial charge in [-0.2, -0.15) is 0 Å². The smallest absolute Gasteiger partial charge is 0.283 e. The number of oxazole rings is 1. The lowest BCUT2D eigenvalue weighted by Gasteiger charge is -2.04. The van der Waals surface area contributed by atoms with Gasteiger partial charge in [0.15, 0.2) is 5.76 Å². The van der Waals surface area contributed by atoms with Gasteiger partial charge in [-0.25, -0.2) is 9.37 Å². The average molecular weight is 279 g/mol. The molecule has 6 nitrogen and oxygen atoms in total. The van der Waals surface area contributed by atoms with E-state index >= 15 is 0 Å². The fraction of sp³-hybridized carbons (Fsp3) is 0.308. The van der Waals surface area contributed by atoms with Crippen LogP contribution in [-0.4, -0.2) is 15.9 Å². The lowest BCUT2D eigenvalue weighted by atomic mass is 10.1. The van der Waals surface area contributed by atoms with Gasteiger partial charge in [0.25, 0.3) is 5.69 Å². The SMILES string of the molecule is CC(C)NCc1ncc(-c2ccc(F)cc2[N+](=O)[O-])o1. The zero-order chi connectivity index (χ0) is 14.7.